The van der Waals surface area contributed by atoms with Gasteiger partial charge in [-0.05, 0) is 12.1 Å². The zero-order valence-electron chi connectivity index (χ0n) is 16.1. The molecule has 1 aliphatic heterocycles. The zero-order valence-corrected chi connectivity index (χ0v) is 16.1. The Morgan fingerprint density at radius 3 is 2.83 bits per heavy atom. The molecule has 0 bridgehead atoms. The largest absolute Gasteiger partial charge is 0.382 e. The van der Waals surface area contributed by atoms with Crippen molar-refractivity contribution in [2.24, 2.45) is 0 Å². The fourth-order valence-corrected chi connectivity index (χ4v) is 3.63. The number of likely N-dealkylation sites (N-methyl/N-ethyl adjacent to an activating group) is 1. The lowest BCUT2D eigenvalue weighted by atomic mass is 9.97. The number of nitrogens with zero attached hydrogens (tertiary/aromatic N) is 5. The number of hydrogen-bond acceptors (Lipinski definition) is 8. The van der Waals surface area contributed by atoms with Gasteiger partial charge in [0.2, 0.25) is 0 Å². The third-order valence-electron chi connectivity index (χ3n) is 5.38. The van der Waals surface area contributed by atoms with Gasteiger partial charge in [-0.1, -0.05) is 23.4 Å². The minimum absolute atomic E-state index is 0.207. The lowest BCUT2D eigenvalue weighted by molar-refractivity contribution is -0.143. The van der Waals surface area contributed by atoms with E-state index in [0.29, 0.717) is 29.5 Å². The van der Waals surface area contributed by atoms with Crippen LogP contribution in [0.15, 0.2) is 53.3 Å². The van der Waals surface area contributed by atoms with Crippen LogP contribution in [0, 0.1) is 0 Å². The topological polar surface area (TPSA) is 131 Å². The third kappa shape index (κ3) is 2.79. The molecule has 30 heavy (non-hydrogen) atoms. The second-order valence-corrected chi connectivity index (χ2v) is 7.32. The van der Waals surface area contributed by atoms with Crippen LogP contribution in [0.25, 0.3) is 33.6 Å². The van der Waals surface area contributed by atoms with E-state index in [2.05, 4.69) is 20.1 Å². The van der Waals surface area contributed by atoms with Crippen LogP contribution in [0.5, 0.6) is 0 Å². The Morgan fingerprint density at radius 2 is 2.03 bits per heavy atom. The van der Waals surface area contributed by atoms with Crippen molar-refractivity contribution in [3.63, 3.8) is 0 Å². The summed E-state index contributed by atoms with van der Waals surface area (Å²) >= 11 is 0. The van der Waals surface area contributed by atoms with Crippen molar-refractivity contribution in [1.29, 1.82) is 0 Å². The fraction of sp³-hybridized carbons (Fsp3) is 0.190. The minimum atomic E-state index is -1.65. The number of pyridine rings is 1. The predicted molar refractivity (Wildman–Crippen MR) is 109 cm³/mol. The van der Waals surface area contributed by atoms with Crippen LogP contribution in [-0.4, -0.2) is 49.6 Å². The molecule has 3 N–H and O–H groups in total. The first-order chi connectivity index (χ1) is 14.5. The van der Waals surface area contributed by atoms with Crippen LogP contribution in [0.1, 0.15) is 12.1 Å². The molecule has 1 saturated heterocycles. The maximum atomic E-state index is 12.3. The summed E-state index contributed by atoms with van der Waals surface area (Å²) in [4.78, 5) is 26.8. The second kappa shape index (κ2) is 6.60. The van der Waals surface area contributed by atoms with E-state index in [0.717, 1.165) is 16.5 Å². The number of nitrogens with two attached hydrogens (primary N) is 1. The molecule has 9 heteroatoms. The van der Waals surface area contributed by atoms with Crippen molar-refractivity contribution in [1.82, 2.24) is 25.0 Å². The summed E-state index contributed by atoms with van der Waals surface area (Å²) in [6.45, 7) is 0.463. The molecule has 9 nitrogen and oxygen atoms in total. The normalized spacial score (nSPS) is 19.0. The van der Waals surface area contributed by atoms with Crippen LogP contribution in [0.3, 0.4) is 0 Å². The molecule has 1 aliphatic rings. The Labute approximate surface area is 171 Å². The quantitative estimate of drug-likeness (QED) is 0.532. The van der Waals surface area contributed by atoms with Crippen LogP contribution < -0.4 is 5.73 Å². The molecule has 5 rings (SSSR count). The molecule has 1 aromatic carbocycles. The van der Waals surface area contributed by atoms with Crippen LogP contribution >= 0.6 is 0 Å². The molecule has 1 fully saturated rings. The molecular formula is C21H18N6O3. The number of rotatable bonds is 3. The van der Waals surface area contributed by atoms with E-state index in [1.807, 2.05) is 24.3 Å². The van der Waals surface area contributed by atoms with E-state index in [4.69, 9.17) is 10.3 Å². The average Bonchev–Trinajstić information content (AvgIpc) is 3.37. The molecule has 0 radical (unpaired) electrons. The second-order valence-electron chi connectivity index (χ2n) is 7.32. The summed E-state index contributed by atoms with van der Waals surface area (Å²) in [6.07, 6.45) is 3.59. The van der Waals surface area contributed by atoms with E-state index < -0.39 is 5.60 Å². The number of aliphatic hydroxyl groups is 1. The third-order valence-corrected chi connectivity index (χ3v) is 5.38. The number of hydrogen-bond donors (Lipinski definition) is 2. The molecule has 0 spiro atoms. The van der Waals surface area contributed by atoms with Gasteiger partial charge in [0.15, 0.2) is 17.2 Å². The highest BCUT2D eigenvalue weighted by Gasteiger charge is 2.47. The smallest absolute Gasteiger partial charge is 0.260 e. The van der Waals surface area contributed by atoms with E-state index >= 15 is 0 Å². The number of amides is 1. The Hall–Kier alpha value is -3.85. The van der Waals surface area contributed by atoms with Crippen molar-refractivity contribution in [3.05, 3.63) is 54.5 Å². The van der Waals surface area contributed by atoms with Crippen molar-refractivity contribution < 1.29 is 14.4 Å². The SMILES string of the molecule is CN1CCC(O)(c2cc(-c3cccc(-c4ncc5ccnc(N)c5n4)c3)on2)C1=O. The molecule has 1 unspecified atom stereocenters. The molecule has 150 valence electrons. The number of carbonyl (C=O) groups is 1. The number of carbonyl (C=O) groups excluding carboxylic acids is 1. The highest BCUT2D eigenvalue weighted by molar-refractivity contribution is 5.88. The van der Waals surface area contributed by atoms with Crippen molar-refractivity contribution in [2.45, 2.75) is 12.0 Å². The molecule has 3 aromatic heterocycles. The van der Waals surface area contributed by atoms with Crippen molar-refractivity contribution >= 4 is 22.6 Å². The van der Waals surface area contributed by atoms with Crippen molar-refractivity contribution in [3.8, 4) is 22.7 Å². The van der Waals surface area contributed by atoms with E-state index in [1.165, 1.54) is 4.90 Å². The van der Waals surface area contributed by atoms with Gasteiger partial charge in [-0.15, -0.1) is 0 Å². The summed E-state index contributed by atoms with van der Waals surface area (Å²) in [5.41, 5.74) is 6.55. The molecule has 0 saturated carbocycles. The van der Waals surface area contributed by atoms with Crippen LogP contribution in [0.2, 0.25) is 0 Å². The summed E-state index contributed by atoms with van der Waals surface area (Å²) in [7, 11) is 1.65. The summed E-state index contributed by atoms with van der Waals surface area (Å²) < 4.78 is 5.44. The maximum Gasteiger partial charge on any atom is 0.260 e. The summed E-state index contributed by atoms with van der Waals surface area (Å²) in [6, 6.07) is 10.8. The molecule has 0 aliphatic carbocycles. The zero-order chi connectivity index (χ0) is 20.9. The average molecular weight is 402 g/mol. The maximum absolute atomic E-state index is 12.3. The van der Waals surface area contributed by atoms with Gasteiger partial charge < -0.3 is 20.3 Å². The molecule has 1 atom stereocenters. The number of nitrogen functional groups attached to an aromatic ring is 1. The van der Waals surface area contributed by atoms with Crippen molar-refractivity contribution in [2.75, 3.05) is 19.3 Å². The van der Waals surface area contributed by atoms with Gasteiger partial charge in [-0.3, -0.25) is 4.79 Å². The number of fused-ring (bicyclic) bond motifs is 1. The monoisotopic (exact) mass is 402 g/mol. The lowest BCUT2D eigenvalue weighted by Gasteiger charge is -2.16. The Bertz CT molecular complexity index is 1290. The van der Waals surface area contributed by atoms with Gasteiger partial charge in [0.1, 0.15) is 17.0 Å². The van der Waals surface area contributed by atoms with Gasteiger partial charge in [-0.2, -0.15) is 0 Å². The molecule has 4 heterocycles. The van der Waals surface area contributed by atoms with E-state index in [9.17, 15) is 9.90 Å². The first-order valence-electron chi connectivity index (χ1n) is 9.39. The highest BCUT2D eigenvalue weighted by Crippen LogP contribution is 2.34. The van der Waals surface area contributed by atoms with E-state index in [-0.39, 0.29) is 18.0 Å². The number of anilines is 1. The van der Waals surface area contributed by atoms with Gasteiger partial charge in [0, 0.05) is 55.0 Å². The molecular weight excluding hydrogens is 384 g/mol. The number of likely N-dealkylation sites (tertiary alicyclic amines) is 1. The molecule has 4 aromatic rings. The minimum Gasteiger partial charge on any atom is -0.382 e. The summed E-state index contributed by atoms with van der Waals surface area (Å²) in [5.74, 6) is 0.887. The first kappa shape index (κ1) is 18.2. The number of benzene rings is 1. The molecule has 1 amide bonds. The van der Waals surface area contributed by atoms with Gasteiger partial charge in [-0.25, -0.2) is 15.0 Å². The van der Waals surface area contributed by atoms with Crippen LogP contribution in [0.4, 0.5) is 5.82 Å². The lowest BCUT2D eigenvalue weighted by Crippen LogP contribution is -2.36. The number of aromatic nitrogens is 4. The Kier molecular flexibility index (Phi) is 4.00. The van der Waals surface area contributed by atoms with Crippen LogP contribution in [-0.2, 0) is 10.4 Å². The fourth-order valence-electron chi connectivity index (χ4n) is 3.63. The van der Waals surface area contributed by atoms with Gasteiger partial charge in [0.05, 0.1) is 0 Å². The van der Waals surface area contributed by atoms with Gasteiger partial charge >= 0.3 is 0 Å². The summed E-state index contributed by atoms with van der Waals surface area (Å²) in [5, 5.41) is 15.5. The Morgan fingerprint density at radius 1 is 1.20 bits per heavy atom. The highest BCUT2D eigenvalue weighted by atomic mass is 16.5. The van der Waals surface area contributed by atoms with Gasteiger partial charge in [0.25, 0.3) is 5.91 Å². The predicted octanol–water partition coefficient (Wildman–Crippen LogP) is 1.98. The first-order valence-corrected chi connectivity index (χ1v) is 9.39. The standard InChI is InChI=1S/C21H18N6O3/c1-27-8-6-21(29,20(27)28)16-10-15(30-26-16)12-3-2-4-13(9-12)19-24-11-14-5-7-23-18(22)17(14)25-19/h2-5,7,9-11,29H,6,8H2,1H3,(H2,22,23). The van der Waals surface area contributed by atoms with E-state index in [1.54, 1.807) is 31.6 Å². The Balaban J connectivity index is 1.51.